The highest BCUT2D eigenvalue weighted by Crippen LogP contribution is 2.42. The van der Waals surface area contributed by atoms with Crippen LogP contribution in [0.2, 0.25) is 10.0 Å². The van der Waals surface area contributed by atoms with E-state index in [1.54, 1.807) is 49.6 Å². The Balaban J connectivity index is 2.09. The highest BCUT2D eigenvalue weighted by Gasteiger charge is 2.41. The van der Waals surface area contributed by atoms with Crippen LogP contribution in [0.4, 0.5) is 5.69 Å². The van der Waals surface area contributed by atoms with Gasteiger partial charge in [-0.3, -0.25) is 9.59 Å². The highest BCUT2D eigenvalue weighted by atomic mass is 35.5. The molecule has 1 aliphatic heterocycles. The number of aliphatic hydroxyl groups excluding tert-OH is 1. The predicted octanol–water partition coefficient (Wildman–Crippen LogP) is 4.01. The number of hydrogen-bond acceptors (Lipinski definition) is 5. The Morgan fingerprint density at radius 1 is 1.07 bits per heavy atom. The quantitative estimate of drug-likeness (QED) is 0.710. The van der Waals surface area contributed by atoms with E-state index in [0.29, 0.717) is 11.3 Å². The largest absolute Gasteiger partial charge is 0.497 e. The maximum Gasteiger partial charge on any atom is 0.272 e. The summed E-state index contributed by atoms with van der Waals surface area (Å²) in [5, 5.41) is 9.53. The van der Waals surface area contributed by atoms with Crippen molar-refractivity contribution in [2.24, 2.45) is 0 Å². The van der Waals surface area contributed by atoms with Crippen LogP contribution in [0.1, 0.15) is 5.56 Å². The Bertz CT molecular complexity index is 928. The first kappa shape index (κ1) is 19.8. The molecule has 5 nitrogen and oxygen atoms in total. The second-order valence-electron chi connectivity index (χ2n) is 5.52. The molecular weight excluding hydrogens is 409 g/mol. The van der Waals surface area contributed by atoms with E-state index < -0.39 is 11.8 Å². The van der Waals surface area contributed by atoms with Crippen molar-refractivity contribution < 1.29 is 19.4 Å². The molecule has 0 saturated carbocycles. The van der Waals surface area contributed by atoms with Crippen LogP contribution >= 0.6 is 35.0 Å². The zero-order valence-corrected chi connectivity index (χ0v) is 16.6. The summed E-state index contributed by atoms with van der Waals surface area (Å²) in [4.78, 5) is 27.4. The van der Waals surface area contributed by atoms with Gasteiger partial charge in [0.2, 0.25) is 0 Å². The summed E-state index contributed by atoms with van der Waals surface area (Å²) < 4.78 is 5.14. The number of anilines is 1. The minimum Gasteiger partial charge on any atom is -0.497 e. The van der Waals surface area contributed by atoms with Crippen LogP contribution in [-0.4, -0.2) is 36.4 Å². The van der Waals surface area contributed by atoms with Gasteiger partial charge in [0, 0.05) is 5.75 Å². The van der Waals surface area contributed by atoms with Gasteiger partial charge in [-0.05, 0) is 29.8 Å². The van der Waals surface area contributed by atoms with Gasteiger partial charge in [-0.1, -0.05) is 41.4 Å². The van der Waals surface area contributed by atoms with E-state index in [1.165, 1.54) is 0 Å². The Morgan fingerprint density at radius 3 is 2.41 bits per heavy atom. The van der Waals surface area contributed by atoms with Gasteiger partial charge in [0.05, 0.1) is 39.9 Å². The van der Waals surface area contributed by atoms with Crippen molar-refractivity contribution in [1.82, 2.24) is 0 Å². The van der Waals surface area contributed by atoms with Gasteiger partial charge in [0.25, 0.3) is 11.8 Å². The molecule has 0 saturated heterocycles. The van der Waals surface area contributed by atoms with E-state index in [1.807, 2.05) is 0 Å². The van der Waals surface area contributed by atoms with E-state index in [4.69, 9.17) is 33.0 Å². The standard InChI is InChI=1S/C19H15Cl2NO4S/c1-26-12-7-5-11(6-8-12)15-17(27-10-9-23)19(25)22(18(15)24)14-4-2-3-13(20)16(14)21/h2-8,23H,9-10H2,1H3. The monoisotopic (exact) mass is 423 g/mol. The molecule has 1 N–H and O–H groups in total. The van der Waals surface area contributed by atoms with Gasteiger partial charge < -0.3 is 9.84 Å². The fraction of sp³-hybridized carbons (Fsp3) is 0.158. The minimum absolute atomic E-state index is 0.122. The molecule has 1 aliphatic rings. The SMILES string of the molecule is COc1ccc(C2=C(SCCO)C(=O)N(c3cccc(Cl)c3Cl)C2=O)cc1. The summed E-state index contributed by atoms with van der Waals surface area (Å²) in [6.45, 7) is -0.122. The molecule has 140 valence electrons. The van der Waals surface area contributed by atoms with E-state index in [-0.39, 0.29) is 38.6 Å². The van der Waals surface area contributed by atoms with Crippen LogP contribution < -0.4 is 9.64 Å². The van der Waals surface area contributed by atoms with Gasteiger partial charge in [0.15, 0.2) is 0 Å². The molecule has 0 atom stereocenters. The van der Waals surface area contributed by atoms with Crippen LogP contribution in [0.5, 0.6) is 5.75 Å². The van der Waals surface area contributed by atoms with Gasteiger partial charge >= 0.3 is 0 Å². The number of nitrogens with zero attached hydrogens (tertiary/aromatic N) is 1. The normalized spacial score (nSPS) is 14.3. The fourth-order valence-corrected chi connectivity index (χ4v) is 3.93. The molecule has 0 bridgehead atoms. The number of carbonyl (C=O) groups is 2. The van der Waals surface area contributed by atoms with Crippen LogP contribution in [0.3, 0.4) is 0 Å². The van der Waals surface area contributed by atoms with Crippen molar-refractivity contribution in [3.8, 4) is 5.75 Å². The first-order valence-electron chi connectivity index (χ1n) is 7.94. The predicted molar refractivity (Wildman–Crippen MR) is 108 cm³/mol. The van der Waals surface area contributed by atoms with Crippen LogP contribution in [0.25, 0.3) is 5.57 Å². The number of carbonyl (C=O) groups excluding carboxylic acids is 2. The van der Waals surface area contributed by atoms with Crippen LogP contribution in [0, 0.1) is 0 Å². The van der Waals surface area contributed by atoms with Gasteiger partial charge in [-0.25, -0.2) is 4.90 Å². The zero-order chi connectivity index (χ0) is 19.6. The summed E-state index contributed by atoms with van der Waals surface area (Å²) in [6, 6.07) is 11.6. The maximum atomic E-state index is 13.1. The van der Waals surface area contributed by atoms with Crippen molar-refractivity contribution in [3.05, 3.63) is 63.0 Å². The van der Waals surface area contributed by atoms with Crippen molar-refractivity contribution in [3.63, 3.8) is 0 Å². The maximum absolute atomic E-state index is 13.1. The minimum atomic E-state index is -0.492. The number of ether oxygens (including phenoxy) is 1. The van der Waals surface area contributed by atoms with Gasteiger partial charge in [-0.2, -0.15) is 0 Å². The fourth-order valence-electron chi connectivity index (χ4n) is 2.69. The van der Waals surface area contributed by atoms with Crippen LogP contribution in [-0.2, 0) is 9.59 Å². The third kappa shape index (κ3) is 3.71. The second kappa shape index (κ2) is 8.35. The van der Waals surface area contributed by atoms with Gasteiger partial charge in [0.1, 0.15) is 5.75 Å². The lowest BCUT2D eigenvalue weighted by Crippen LogP contribution is -2.31. The average Bonchev–Trinajstić information content (AvgIpc) is 2.92. The summed E-state index contributed by atoms with van der Waals surface area (Å²) in [5.41, 5.74) is 1.07. The Kier molecular flexibility index (Phi) is 6.11. The zero-order valence-electron chi connectivity index (χ0n) is 14.2. The smallest absolute Gasteiger partial charge is 0.272 e. The first-order valence-corrected chi connectivity index (χ1v) is 9.69. The third-order valence-corrected chi connectivity index (χ3v) is 5.79. The number of imide groups is 1. The number of hydrogen-bond donors (Lipinski definition) is 1. The average molecular weight is 424 g/mol. The molecule has 8 heteroatoms. The Labute approximate surface area is 170 Å². The molecule has 0 radical (unpaired) electrons. The number of aliphatic hydroxyl groups is 1. The number of thioether (sulfide) groups is 1. The van der Waals surface area contributed by atoms with E-state index in [9.17, 15) is 9.59 Å². The molecule has 0 fully saturated rings. The Hall–Kier alpha value is -1.99. The summed E-state index contributed by atoms with van der Waals surface area (Å²) in [7, 11) is 1.55. The van der Waals surface area contributed by atoms with Crippen molar-refractivity contribution in [2.45, 2.75) is 0 Å². The van der Waals surface area contributed by atoms with E-state index in [2.05, 4.69) is 0 Å². The lowest BCUT2D eigenvalue weighted by molar-refractivity contribution is -0.119. The molecule has 27 heavy (non-hydrogen) atoms. The molecule has 0 unspecified atom stereocenters. The second-order valence-corrected chi connectivity index (χ2v) is 7.41. The molecule has 2 amide bonds. The molecule has 2 aromatic rings. The third-order valence-electron chi connectivity index (χ3n) is 3.93. The number of halogens is 2. The number of methoxy groups -OCH3 is 1. The summed E-state index contributed by atoms with van der Waals surface area (Å²) >= 11 is 13.4. The molecule has 0 spiro atoms. The molecule has 1 heterocycles. The van der Waals surface area contributed by atoms with Crippen molar-refractivity contribution in [2.75, 3.05) is 24.4 Å². The molecular formula is C19H15Cl2NO4S. The summed E-state index contributed by atoms with van der Waals surface area (Å²) in [5.74, 6) is -0.0656. The summed E-state index contributed by atoms with van der Waals surface area (Å²) in [6.07, 6.45) is 0. The first-order chi connectivity index (χ1) is 13.0. The number of benzene rings is 2. The van der Waals surface area contributed by atoms with Crippen molar-refractivity contribution >= 4 is 58.0 Å². The highest BCUT2D eigenvalue weighted by molar-refractivity contribution is 8.04. The van der Waals surface area contributed by atoms with E-state index >= 15 is 0 Å². The number of amides is 2. The molecule has 2 aromatic carbocycles. The lowest BCUT2D eigenvalue weighted by atomic mass is 10.1. The van der Waals surface area contributed by atoms with Crippen LogP contribution in [0.15, 0.2) is 47.4 Å². The molecule has 0 aromatic heterocycles. The van der Waals surface area contributed by atoms with E-state index in [0.717, 1.165) is 16.7 Å². The Morgan fingerprint density at radius 2 is 1.78 bits per heavy atom. The van der Waals surface area contributed by atoms with Gasteiger partial charge in [-0.15, -0.1) is 11.8 Å². The number of rotatable bonds is 6. The molecule has 3 rings (SSSR count). The lowest BCUT2D eigenvalue weighted by Gasteiger charge is -2.17. The van der Waals surface area contributed by atoms with Crippen molar-refractivity contribution in [1.29, 1.82) is 0 Å². The topological polar surface area (TPSA) is 66.8 Å². The molecule has 0 aliphatic carbocycles.